The summed E-state index contributed by atoms with van der Waals surface area (Å²) >= 11 is 1.87. The lowest BCUT2D eigenvalue weighted by atomic mass is 10.2. The second kappa shape index (κ2) is 8.70. The van der Waals surface area contributed by atoms with Crippen LogP contribution in [-0.4, -0.2) is 42.9 Å². The van der Waals surface area contributed by atoms with Crippen LogP contribution >= 0.6 is 11.8 Å². The molecule has 0 saturated heterocycles. The highest BCUT2D eigenvalue weighted by molar-refractivity contribution is 7.99. The van der Waals surface area contributed by atoms with E-state index in [1.54, 1.807) is 0 Å². The van der Waals surface area contributed by atoms with Crippen LogP contribution < -0.4 is 4.74 Å². The van der Waals surface area contributed by atoms with Crippen molar-refractivity contribution < 1.29 is 4.74 Å². The van der Waals surface area contributed by atoms with Gasteiger partial charge in [-0.1, -0.05) is 0 Å². The Morgan fingerprint density at radius 2 is 1.76 bits per heavy atom. The molecule has 0 spiro atoms. The van der Waals surface area contributed by atoms with Gasteiger partial charge in [-0.15, -0.1) is 11.8 Å². The van der Waals surface area contributed by atoms with E-state index in [2.05, 4.69) is 34.1 Å². The first kappa shape index (κ1) is 15.9. The zero-order chi connectivity index (χ0) is 14.9. The molecular weight excluding hydrogens is 280 g/mol. The Morgan fingerprint density at radius 1 is 1.05 bits per heavy atom. The van der Waals surface area contributed by atoms with Crippen molar-refractivity contribution in [3.05, 3.63) is 54.4 Å². The highest BCUT2D eigenvalue weighted by Crippen LogP contribution is 2.22. The Balaban J connectivity index is 1.72. The van der Waals surface area contributed by atoms with E-state index in [1.807, 2.05) is 50.4 Å². The van der Waals surface area contributed by atoms with E-state index in [4.69, 9.17) is 4.74 Å². The molecule has 0 aliphatic rings. The fourth-order valence-corrected chi connectivity index (χ4v) is 2.72. The molecule has 0 aliphatic heterocycles. The summed E-state index contributed by atoms with van der Waals surface area (Å²) in [6.45, 7) is 1.66. The van der Waals surface area contributed by atoms with Crippen LogP contribution in [0.4, 0.5) is 0 Å². The van der Waals surface area contributed by atoms with E-state index in [1.165, 1.54) is 10.5 Å². The van der Waals surface area contributed by atoms with Crippen molar-refractivity contribution in [3.63, 3.8) is 0 Å². The lowest BCUT2D eigenvalue weighted by Crippen LogP contribution is -2.19. The predicted molar refractivity (Wildman–Crippen MR) is 89.2 cm³/mol. The Hall–Kier alpha value is -1.52. The third kappa shape index (κ3) is 6.19. The van der Waals surface area contributed by atoms with Crippen LogP contribution in [0.5, 0.6) is 5.75 Å². The van der Waals surface area contributed by atoms with E-state index >= 15 is 0 Å². The number of benzene rings is 1. The topological polar surface area (TPSA) is 25.4 Å². The number of nitrogens with zero attached hydrogens (tertiary/aromatic N) is 2. The molecule has 0 N–H and O–H groups in total. The van der Waals surface area contributed by atoms with Crippen LogP contribution in [0.1, 0.15) is 5.56 Å². The lowest BCUT2D eigenvalue weighted by molar-refractivity contribution is 0.261. The van der Waals surface area contributed by atoms with E-state index in [0.29, 0.717) is 0 Å². The first-order valence-electron chi connectivity index (χ1n) is 7.13. The van der Waals surface area contributed by atoms with Crippen LogP contribution in [0.2, 0.25) is 0 Å². The van der Waals surface area contributed by atoms with Gasteiger partial charge in [0.2, 0.25) is 0 Å². The van der Waals surface area contributed by atoms with E-state index in [9.17, 15) is 0 Å². The van der Waals surface area contributed by atoms with Crippen LogP contribution in [0.25, 0.3) is 0 Å². The Labute approximate surface area is 131 Å². The Morgan fingerprint density at radius 3 is 2.43 bits per heavy atom. The standard InChI is InChI=1S/C17H22N2OS/c1-19(2)12-13-20-16-3-5-17(6-4-16)21-14-9-15-7-10-18-11-8-15/h3-8,10-11H,9,12-14H2,1-2H3. The minimum absolute atomic E-state index is 0.724. The summed E-state index contributed by atoms with van der Waals surface area (Å²) in [6, 6.07) is 12.5. The number of hydrogen-bond donors (Lipinski definition) is 0. The minimum atomic E-state index is 0.724. The highest BCUT2D eigenvalue weighted by atomic mass is 32.2. The summed E-state index contributed by atoms with van der Waals surface area (Å²) in [5.74, 6) is 2.01. The summed E-state index contributed by atoms with van der Waals surface area (Å²) in [4.78, 5) is 7.43. The first-order chi connectivity index (χ1) is 10.2. The van der Waals surface area contributed by atoms with Crippen LogP contribution in [-0.2, 0) is 6.42 Å². The van der Waals surface area contributed by atoms with Gasteiger partial charge >= 0.3 is 0 Å². The van der Waals surface area contributed by atoms with E-state index in [0.717, 1.165) is 31.1 Å². The number of aryl methyl sites for hydroxylation is 1. The van der Waals surface area contributed by atoms with Crippen molar-refractivity contribution in [3.8, 4) is 5.75 Å². The molecule has 0 bridgehead atoms. The van der Waals surface area contributed by atoms with Gasteiger partial charge in [0.1, 0.15) is 12.4 Å². The summed E-state index contributed by atoms with van der Waals surface area (Å²) in [5, 5.41) is 0. The van der Waals surface area contributed by atoms with Gasteiger partial charge in [-0.05, 0) is 62.5 Å². The molecule has 112 valence electrons. The van der Waals surface area contributed by atoms with E-state index < -0.39 is 0 Å². The molecule has 0 amide bonds. The predicted octanol–water partition coefficient (Wildman–Crippen LogP) is 3.36. The molecule has 21 heavy (non-hydrogen) atoms. The van der Waals surface area contributed by atoms with Crippen molar-refractivity contribution in [2.45, 2.75) is 11.3 Å². The average Bonchev–Trinajstić information content (AvgIpc) is 2.50. The van der Waals surface area contributed by atoms with Crippen LogP contribution in [0, 0.1) is 0 Å². The Kier molecular flexibility index (Phi) is 6.57. The SMILES string of the molecule is CN(C)CCOc1ccc(SCCc2ccncc2)cc1. The molecule has 0 atom stereocenters. The molecule has 0 saturated carbocycles. The zero-order valence-corrected chi connectivity index (χ0v) is 13.5. The maximum absolute atomic E-state index is 5.69. The number of rotatable bonds is 8. The number of thioether (sulfide) groups is 1. The molecule has 1 aromatic heterocycles. The van der Waals surface area contributed by atoms with Gasteiger partial charge < -0.3 is 9.64 Å². The maximum Gasteiger partial charge on any atom is 0.119 e. The quantitative estimate of drug-likeness (QED) is 0.698. The molecule has 2 aromatic rings. The fourth-order valence-electron chi connectivity index (χ4n) is 1.81. The van der Waals surface area contributed by atoms with Crippen LogP contribution in [0.3, 0.4) is 0 Å². The molecule has 0 fully saturated rings. The van der Waals surface area contributed by atoms with Crippen molar-refractivity contribution in [1.82, 2.24) is 9.88 Å². The molecule has 0 unspecified atom stereocenters. The Bertz CT molecular complexity index is 514. The second-order valence-corrected chi connectivity index (χ2v) is 6.25. The lowest BCUT2D eigenvalue weighted by Gasteiger charge is -2.11. The van der Waals surface area contributed by atoms with Gasteiger partial charge in [-0.2, -0.15) is 0 Å². The summed E-state index contributed by atoms with van der Waals surface area (Å²) in [6.07, 6.45) is 4.76. The largest absolute Gasteiger partial charge is 0.492 e. The fraction of sp³-hybridized carbons (Fsp3) is 0.353. The number of aromatic nitrogens is 1. The summed E-state index contributed by atoms with van der Waals surface area (Å²) in [7, 11) is 4.10. The van der Waals surface area contributed by atoms with Crippen molar-refractivity contribution in [2.24, 2.45) is 0 Å². The number of ether oxygens (including phenoxy) is 1. The highest BCUT2D eigenvalue weighted by Gasteiger charge is 1.98. The monoisotopic (exact) mass is 302 g/mol. The third-order valence-electron chi connectivity index (χ3n) is 3.04. The average molecular weight is 302 g/mol. The minimum Gasteiger partial charge on any atom is -0.492 e. The number of likely N-dealkylation sites (N-methyl/N-ethyl adjacent to an activating group) is 1. The number of pyridine rings is 1. The summed E-state index contributed by atoms with van der Waals surface area (Å²) < 4.78 is 5.69. The van der Waals surface area contributed by atoms with Crippen LogP contribution in [0.15, 0.2) is 53.7 Å². The molecule has 0 radical (unpaired) electrons. The molecule has 2 rings (SSSR count). The zero-order valence-electron chi connectivity index (χ0n) is 12.7. The van der Waals surface area contributed by atoms with Crippen molar-refractivity contribution in [2.75, 3.05) is 33.0 Å². The second-order valence-electron chi connectivity index (χ2n) is 5.08. The number of hydrogen-bond acceptors (Lipinski definition) is 4. The molecule has 3 nitrogen and oxygen atoms in total. The third-order valence-corrected chi connectivity index (χ3v) is 4.05. The van der Waals surface area contributed by atoms with Crippen molar-refractivity contribution >= 4 is 11.8 Å². The molecule has 0 aliphatic carbocycles. The first-order valence-corrected chi connectivity index (χ1v) is 8.12. The van der Waals surface area contributed by atoms with Gasteiger partial charge in [-0.3, -0.25) is 4.98 Å². The van der Waals surface area contributed by atoms with Gasteiger partial charge in [-0.25, -0.2) is 0 Å². The molecule has 1 heterocycles. The maximum atomic E-state index is 5.69. The van der Waals surface area contributed by atoms with Gasteiger partial charge in [0, 0.05) is 29.6 Å². The molecule has 1 aromatic carbocycles. The van der Waals surface area contributed by atoms with Crippen molar-refractivity contribution in [1.29, 1.82) is 0 Å². The molecule has 4 heteroatoms. The smallest absolute Gasteiger partial charge is 0.119 e. The van der Waals surface area contributed by atoms with Gasteiger partial charge in [0.05, 0.1) is 0 Å². The van der Waals surface area contributed by atoms with E-state index in [-0.39, 0.29) is 0 Å². The van der Waals surface area contributed by atoms with Gasteiger partial charge in [0.25, 0.3) is 0 Å². The van der Waals surface area contributed by atoms with Gasteiger partial charge in [0.15, 0.2) is 0 Å². The molecular formula is C17H22N2OS. The normalized spacial score (nSPS) is 10.8. The summed E-state index contributed by atoms with van der Waals surface area (Å²) in [5.41, 5.74) is 1.33.